The standard InChI is InChI=1S/C18H22N6O2S/c1-13-20-18(27-21-13)23-7-5-22(6-8-23)14-3-4-15-16(11-14)19-12-24(17(15)25)9-10-26-2/h3-4,11-12H,5-10H2,1-2H3. The van der Waals surface area contributed by atoms with Crippen molar-refractivity contribution >= 4 is 33.3 Å². The van der Waals surface area contributed by atoms with Gasteiger partial charge in [0, 0.05) is 50.5 Å². The van der Waals surface area contributed by atoms with E-state index in [0.717, 1.165) is 48.3 Å². The van der Waals surface area contributed by atoms with E-state index < -0.39 is 0 Å². The van der Waals surface area contributed by atoms with Crippen LogP contribution in [0.1, 0.15) is 5.82 Å². The van der Waals surface area contributed by atoms with E-state index in [2.05, 4.69) is 24.1 Å². The summed E-state index contributed by atoms with van der Waals surface area (Å²) in [6.45, 7) is 6.51. The molecule has 1 fully saturated rings. The van der Waals surface area contributed by atoms with Gasteiger partial charge < -0.3 is 14.5 Å². The fourth-order valence-electron chi connectivity index (χ4n) is 3.26. The highest BCUT2D eigenvalue weighted by Gasteiger charge is 2.20. The zero-order valence-electron chi connectivity index (χ0n) is 15.5. The minimum atomic E-state index is -0.0277. The minimum Gasteiger partial charge on any atom is -0.383 e. The van der Waals surface area contributed by atoms with Gasteiger partial charge in [-0.3, -0.25) is 9.36 Å². The molecule has 1 aliphatic heterocycles. The molecule has 3 heterocycles. The van der Waals surface area contributed by atoms with Crippen LogP contribution >= 0.6 is 11.5 Å². The van der Waals surface area contributed by atoms with Crippen molar-refractivity contribution in [1.29, 1.82) is 0 Å². The molecule has 1 aliphatic rings. The van der Waals surface area contributed by atoms with E-state index in [1.807, 2.05) is 25.1 Å². The predicted octanol–water partition coefficient (Wildman–Crippen LogP) is 1.53. The molecule has 4 rings (SSSR count). The van der Waals surface area contributed by atoms with Gasteiger partial charge in [0.25, 0.3) is 5.56 Å². The number of anilines is 2. The number of piperazine rings is 1. The summed E-state index contributed by atoms with van der Waals surface area (Å²) in [6.07, 6.45) is 1.60. The van der Waals surface area contributed by atoms with Crippen LogP contribution in [0.15, 0.2) is 29.3 Å². The molecule has 0 amide bonds. The number of aryl methyl sites for hydroxylation is 1. The summed E-state index contributed by atoms with van der Waals surface area (Å²) in [6, 6.07) is 5.89. The Labute approximate surface area is 161 Å². The van der Waals surface area contributed by atoms with Gasteiger partial charge in [-0.1, -0.05) is 0 Å². The molecule has 0 saturated carbocycles. The molecule has 27 heavy (non-hydrogen) atoms. The van der Waals surface area contributed by atoms with E-state index in [0.29, 0.717) is 18.5 Å². The maximum Gasteiger partial charge on any atom is 0.261 e. The lowest BCUT2D eigenvalue weighted by Crippen LogP contribution is -2.46. The highest BCUT2D eigenvalue weighted by atomic mass is 32.1. The number of aromatic nitrogens is 4. The predicted molar refractivity (Wildman–Crippen MR) is 107 cm³/mol. The molecule has 1 saturated heterocycles. The zero-order valence-corrected chi connectivity index (χ0v) is 16.3. The van der Waals surface area contributed by atoms with Crippen molar-refractivity contribution < 1.29 is 4.74 Å². The average Bonchev–Trinajstić information content (AvgIpc) is 3.14. The summed E-state index contributed by atoms with van der Waals surface area (Å²) in [5.74, 6) is 0.828. The number of methoxy groups -OCH3 is 1. The van der Waals surface area contributed by atoms with Crippen LogP contribution in [0.3, 0.4) is 0 Å². The number of rotatable bonds is 5. The second kappa shape index (κ2) is 7.61. The van der Waals surface area contributed by atoms with Crippen LogP contribution in [-0.2, 0) is 11.3 Å². The second-order valence-corrected chi connectivity index (χ2v) is 7.27. The van der Waals surface area contributed by atoms with Crippen LogP contribution in [0.2, 0.25) is 0 Å². The number of hydrogen-bond acceptors (Lipinski definition) is 8. The normalized spacial score (nSPS) is 14.9. The van der Waals surface area contributed by atoms with Gasteiger partial charge in [0.1, 0.15) is 5.82 Å². The first-order valence-electron chi connectivity index (χ1n) is 8.94. The number of benzene rings is 1. The summed E-state index contributed by atoms with van der Waals surface area (Å²) in [5.41, 5.74) is 1.80. The van der Waals surface area contributed by atoms with Crippen molar-refractivity contribution in [3.8, 4) is 0 Å². The Morgan fingerprint density at radius 3 is 2.67 bits per heavy atom. The van der Waals surface area contributed by atoms with Crippen molar-refractivity contribution in [2.75, 3.05) is 49.7 Å². The van der Waals surface area contributed by atoms with Crippen molar-refractivity contribution in [1.82, 2.24) is 18.9 Å². The van der Waals surface area contributed by atoms with Crippen LogP contribution in [0, 0.1) is 6.92 Å². The van der Waals surface area contributed by atoms with Crippen LogP contribution in [0.5, 0.6) is 0 Å². The van der Waals surface area contributed by atoms with Crippen molar-refractivity contribution in [3.05, 3.63) is 40.7 Å². The van der Waals surface area contributed by atoms with Gasteiger partial charge in [-0.25, -0.2) is 9.97 Å². The van der Waals surface area contributed by atoms with Gasteiger partial charge in [-0.2, -0.15) is 4.37 Å². The average molecular weight is 386 g/mol. The molecular formula is C18H22N6O2S. The fourth-order valence-corrected chi connectivity index (χ4v) is 3.99. The molecular weight excluding hydrogens is 364 g/mol. The highest BCUT2D eigenvalue weighted by Crippen LogP contribution is 2.23. The van der Waals surface area contributed by atoms with Crippen LogP contribution in [-0.4, -0.2) is 58.8 Å². The molecule has 0 bridgehead atoms. The molecule has 3 aromatic rings. The Bertz CT molecular complexity index is 993. The van der Waals surface area contributed by atoms with E-state index >= 15 is 0 Å². The quantitative estimate of drug-likeness (QED) is 0.658. The molecule has 1 aromatic carbocycles. The lowest BCUT2D eigenvalue weighted by molar-refractivity contribution is 0.186. The minimum absolute atomic E-state index is 0.0277. The third kappa shape index (κ3) is 3.65. The molecule has 142 valence electrons. The van der Waals surface area contributed by atoms with E-state index in [1.165, 1.54) is 11.5 Å². The maximum absolute atomic E-state index is 12.6. The van der Waals surface area contributed by atoms with Crippen LogP contribution < -0.4 is 15.4 Å². The Balaban J connectivity index is 1.50. The molecule has 8 nitrogen and oxygen atoms in total. The third-order valence-electron chi connectivity index (χ3n) is 4.78. The Hall–Kier alpha value is -2.52. The van der Waals surface area contributed by atoms with Gasteiger partial charge in [-0.15, -0.1) is 0 Å². The number of ether oxygens (including phenoxy) is 1. The van der Waals surface area contributed by atoms with E-state index in [-0.39, 0.29) is 5.56 Å². The molecule has 0 N–H and O–H groups in total. The number of hydrogen-bond donors (Lipinski definition) is 0. The molecule has 0 atom stereocenters. The highest BCUT2D eigenvalue weighted by molar-refractivity contribution is 7.09. The Kier molecular flexibility index (Phi) is 5.04. The first-order chi connectivity index (χ1) is 13.2. The molecule has 0 unspecified atom stereocenters. The SMILES string of the molecule is COCCn1cnc2cc(N3CCN(c4nc(C)ns4)CC3)ccc2c1=O. The summed E-state index contributed by atoms with van der Waals surface area (Å²) in [5, 5.41) is 1.63. The summed E-state index contributed by atoms with van der Waals surface area (Å²) < 4.78 is 10.9. The second-order valence-electron chi connectivity index (χ2n) is 6.54. The molecule has 0 radical (unpaired) electrons. The van der Waals surface area contributed by atoms with Gasteiger partial charge in [0.05, 0.1) is 30.4 Å². The maximum atomic E-state index is 12.6. The Morgan fingerprint density at radius 1 is 1.19 bits per heavy atom. The molecule has 0 spiro atoms. The zero-order chi connectivity index (χ0) is 18.8. The lowest BCUT2D eigenvalue weighted by Gasteiger charge is -2.35. The van der Waals surface area contributed by atoms with Crippen molar-refractivity contribution in [3.63, 3.8) is 0 Å². The van der Waals surface area contributed by atoms with Crippen molar-refractivity contribution in [2.45, 2.75) is 13.5 Å². The van der Waals surface area contributed by atoms with Crippen LogP contribution in [0.25, 0.3) is 10.9 Å². The first-order valence-corrected chi connectivity index (χ1v) is 9.71. The number of nitrogens with zero attached hydrogens (tertiary/aromatic N) is 6. The van der Waals surface area contributed by atoms with Gasteiger partial charge in [0.15, 0.2) is 0 Å². The Morgan fingerprint density at radius 2 is 1.96 bits per heavy atom. The molecule has 0 aliphatic carbocycles. The summed E-state index contributed by atoms with van der Waals surface area (Å²) >= 11 is 1.45. The largest absolute Gasteiger partial charge is 0.383 e. The topological polar surface area (TPSA) is 76.4 Å². The monoisotopic (exact) mass is 386 g/mol. The van der Waals surface area contributed by atoms with E-state index in [9.17, 15) is 4.79 Å². The van der Waals surface area contributed by atoms with Gasteiger partial charge >= 0.3 is 0 Å². The fraction of sp³-hybridized carbons (Fsp3) is 0.444. The summed E-state index contributed by atoms with van der Waals surface area (Å²) in [4.78, 5) is 26.1. The van der Waals surface area contributed by atoms with Crippen molar-refractivity contribution in [2.24, 2.45) is 0 Å². The third-order valence-corrected chi connectivity index (χ3v) is 5.65. The molecule has 2 aromatic heterocycles. The van der Waals surface area contributed by atoms with E-state index in [4.69, 9.17) is 4.74 Å². The van der Waals surface area contributed by atoms with E-state index in [1.54, 1.807) is 18.0 Å². The first kappa shape index (κ1) is 17.9. The number of fused-ring (bicyclic) bond motifs is 1. The lowest BCUT2D eigenvalue weighted by atomic mass is 10.2. The summed E-state index contributed by atoms with van der Waals surface area (Å²) in [7, 11) is 1.62. The molecule has 9 heteroatoms. The smallest absolute Gasteiger partial charge is 0.261 e. The van der Waals surface area contributed by atoms with Crippen LogP contribution in [0.4, 0.5) is 10.8 Å². The van der Waals surface area contributed by atoms with Gasteiger partial charge in [0.2, 0.25) is 5.13 Å². The van der Waals surface area contributed by atoms with Gasteiger partial charge in [-0.05, 0) is 25.1 Å².